The maximum Gasteiger partial charge on any atom is 0.162 e. The Hall–Kier alpha value is 0.0969. The van der Waals surface area contributed by atoms with E-state index in [9.17, 15) is 0 Å². The molecule has 0 unspecified atom stereocenters. The van der Waals surface area contributed by atoms with Crippen molar-refractivity contribution in [2.75, 3.05) is 41.3 Å². The van der Waals surface area contributed by atoms with Crippen LogP contribution in [0.15, 0.2) is 0 Å². The second-order valence-corrected chi connectivity index (χ2v) is 9.53. The van der Waals surface area contributed by atoms with Gasteiger partial charge in [0.2, 0.25) is 0 Å². The van der Waals surface area contributed by atoms with Gasteiger partial charge in [0.25, 0.3) is 0 Å². The summed E-state index contributed by atoms with van der Waals surface area (Å²) in [6.45, 7) is 11.4. The summed E-state index contributed by atoms with van der Waals surface area (Å²) in [5.74, 6) is 0. The average Bonchev–Trinajstić information content (AvgIpc) is 2.25. The first-order valence-electron chi connectivity index (χ1n) is 8.47. The summed E-state index contributed by atoms with van der Waals surface area (Å²) in [6.07, 6.45) is 5.27. The van der Waals surface area contributed by atoms with Crippen LogP contribution in [0.3, 0.4) is 0 Å². The first-order chi connectivity index (χ1) is 9.54. The van der Waals surface area contributed by atoms with E-state index < -0.39 is 9.76 Å². The van der Waals surface area contributed by atoms with Crippen molar-refractivity contribution >= 4 is 9.76 Å². The van der Waals surface area contributed by atoms with Gasteiger partial charge in [-0.1, -0.05) is 6.92 Å². The van der Waals surface area contributed by atoms with Crippen molar-refractivity contribution in [2.24, 2.45) is 5.41 Å². The number of nitrogens with zero attached hydrogens (tertiary/aromatic N) is 2. The van der Waals surface area contributed by atoms with Crippen LogP contribution in [-0.2, 0) is 4.43 Å². The average molecular weight is 317 g/mol. The Morgan fingerprint density at radius 2 is 1.24 bits per heavy atom. The summed E-state index contributed by atoms with van der Waals surface area (Å²) in [5.41, 5.74) is 0.518. The fourth-order valence-electron chi connectivity index (χ4n) is 2.62. The standard InChI is InChI=1S/C17H40N2OSi/c1-16(2,3)20-21-15-17(4,11-9-13-18(5)6)12-10-14-19(7)8/h9-15,21H2,1-8H3. The molecule has 0 aliphatic heterocycles. The van der Waals surface area contributed by atoms with Gasteiger partial charge in [0.05, 0.1) is 0 Å². The molecule has 0 radical (unpaired) electrons. The molecule has 0 fully saturated rings. The van der Waals surface area contributed by atoms with Crippen molar-refractivity contribution in [3.63, 3.8) is 0 Å². The number of hydrogen-bond acceptors (Lipinski definition) is 3. The van der Waals surface area contributed by atoms with Gasteiger partial charge in [-0.25, -0.2) is 0 Å². The minimum absolute atomic E-state index is 0.0421. The molecule has 4 heteroatoms. The summed E-state index contributed by atoms with van der Waals surface area (Å²) < 4.78 is 6.10. The second-order valence-electron chi connectivity index (χ2n) is 8.34. The lowest BCUT2D eigenvalue weighted by Gasteiger charge is -2.32. The SMILES string of the molecule is CN(C)CCCC(C)(CCCN(C)C)C[SiH2]OC(C)(C)C. The maximum atomic E-state index is 6.10. The van der Waals surface area contributed by atoms with Crippen molar-refractivity contribution in [2.45, 2.75) is 65.0 Å². The number of rotatable bonds is 11. The Bertz CT molecular complexity index is 248. The molecule has 0 aromatic heterocycles. The Morgan fingerprint density at radius 1 is 0.810 bits per heavy atom. The van der Waals surface area contributed by atoms with Gasteiger partial charge in [-0.2, -0.15) is 0 Å². The van der Waals surface area contributed by atoms with Gasteiger partial charge in [0.1, 0.15) is 0 Å². The molecule has 0 atom stereocenters. The van der Waals surface area contributed by atoms with E-state index in [4.69, 9.17) is 4.43 Å². The summed E-state index contributed by atoms with van der Waals surface area (Å²) in [4.78, 5) is 4.59. The van der Waals surface area contributed by atoms with Crippen LogP contribution in [0, 0.1) is 5.41 Å². The van der Waals surface area contributed by atoms with Gasteiger partial charge in [0, 0.05) is 5.60 Å². The topological polar surface area (TPSA) is 15.7 Å². The molecule has 0 aromatic rings. The fraction of sp³-hybridized carbons (Fsp3) is 1.00. The van der Waals surface area contributed by atoms with Gasteiger partial charge in [0.15, 0.2) is 9.76 Å². The first kappa shape index (κ1) is 21.1. The zero-order valence-electron chi connectivity index (χ0n) is 16.0. The molecule has 0 rings (SSSR count). The lowest BCUT2D eigenvalue weighted by molar-refractivity contribution is 0.131. The van der Waals surface area contributed by atoms with Gasteiger partial charge < -0.3 is 14.2 Å². The van der Waals surface area contributed by atoms with E-state index in [1.54, 1.807) is 0 Å². The van der Waals surface area contributed by atoms with Crippen molar-refractivity contribution in [1.29, 1.82) is 0 Å². The van der Waals surface area contributed by atoms with Crippen LogP contribution in [0.4, 0.5) is 0 Å². The molecule has 0 aromatic carbocycles. The predicted molar refractivity (Wildman–Crippen MR) is 97.9 cm³/mol. The molecule has 21 heavy (non-hydrogen) atoms. The Kier molecular flexibility index (Phi) is 10.0. The molecular weight excluding hydrogens is 276 g/mol. The summed E-state index contributed by atoms with van der Waals surface area (Å²) in [5, 5.41) is 0. The summed E-state index contributed by atoms with van der Waals surface area (Å²) in [6, 6.07) is 1.31. The highest BCUT2D eigenvalue weighted by Crippen LogP contribution is 2.34. The monoisotopic (exact) mass is 316 g/mol. The zero-order chi connectivity index (χ0) is 16.5. The van der Waals surface area contributed by atoms with E-state index in [0.29, 0.717) is 5.41 Å². The molecule has 0 spiro atoms. The lowest BCUT2D eigenvalue weighted by Crippen LogP contribution is -2.28. The summed E-state index contributed by atoms with van der Waals surface area (Å²) in [7, 11) is 8.25. The molecule has 0 heterocycles. The highest BCUT2D eigenvalue weighted by Gasteiger charge is 2.24. The quantitative estimate of drug-likeness (QED) is 0.545. The normalized spacial score (nSPS) is 14.0. The minimum atomic E-state index is -0.419. The minimum Gasteiger partial charge on any atom is -0.419 e. The lowest BCUT2D eigenvalue weighted by atomic mass is 9.82. The van der Waals surface area contributed by atoms with E-state index in [1.807, 2.05) is 0 Å². The van der Waals surface area contributed by atoms with E-state index >= 15 is 0 Å². The Morgan fingerprint density at radius 3 is 1.57 bits per heavy atom. The van der Waals surface area contributed by atoms with E-state index in [0.717, 1.165) is 0 Å². The zero-order valence-corrected chi connectivity index (χ0v) is 17.4. The Balaban J connectivity index is 4.29. The first-order valence-corrected chi connectivity index (χ1v) is 10.1. The third-order valence-corrected chi connectivity index (χ3v) is 6.49. The van der Waals surface area contributed by atoms with Gasteiger partial charge in [-0.05, 0) is 99.2 Å². The molecule has 128 valence electrons. The van der Waals surface area contributed by atoms with E-state index in [1.165, 1.54) is 44.8 Å². The highest BCUT2D eigenvalue weighted by atomic mass is 28.2. The molecule has 0 N–H and O–H groups in total. The van der Waals surface area contributed by atoms with Crippen LogP contribution in [-0.4, -0.2) is 66.4 Å². The highest BCUT2D eigenvalue weighted by molar-refractivity contribution is 6.27. The summed E-state index contributed by atoms with van der Waals surface area (Å²) >= 11 is 0. The van der Waals surface area contributed by atoms with Gasteiger partial charge in [-0.15, -0.1) is 0 Å². The Labute approximate surface area is 136 Å². The second kappa shape index (κ2) is 9.98. The molecular formula is C17H40N2OSi. The molecule has 0 aliphatic carbocycles. The number of hydrogen-bond donors (Lipinski definition) is 0. The van der Waals surface area contributed by atoms with Crippen LogP contribution in [0.5, 0.6) is 0 Å². The van der Waals surface area contributed by atoms with Gasteiger partial charge >= 0.3 is 0 Å². The molecule has 3 nitrogen and oxygen atoms in total. The van der Waals surface area contributed by atoms with Crippen LogP contribution in [0.1, 0.15) is 53.4 Å². The van der Waals surface area contributed by atoms with Crippen LogP contribution < -0.4 is 0 Å². The molecule has 0 bridgehead atoms. The predicted octanol–water partition coefficient (Wildman–Crippen LogP) is 2.99. The van der Waals surface area contributed by atoms with Crippen molar-refractivity contribution in [1.82, 2.24) is 9.80 Å². The molecule has 0 saturated heterocycles. The van der Waals surface area contributed by atoms with Crippen LogP contribution >= 0.6 is 0 Å². The molecule has 0 saturated carbocycles. The van der Waals surface area contributed by atoms with E-state index in [2.05, 4.69) is 65.7 Å². The largest absolute Gasteiger partial charge is 0.419 e. The third kappa shape index (κ3) is 13.5. The fourth-order valence-corrected chi connectivity index (χ4v) is 4.33. The van der Waals surface area contributed by atoms with Gasteiger partial charge in [-0.3, -0.25) is 0 Å². The van der Waals surface area contributed by atoms with E-state index in [-0.39, 0.29) is 5.60 Å². The third-order valence-electron chi connectivity index (χ3n) is 4.01. The van der Waals surface area contributed by atoms with Crippen molar-refractivity contribution in [3.8, 4) is 0 Å². The smallest absolute Gasteiger partial charge is 0.162 e. The van der Waals surface area contributed by atoms with Crippen LogP contribution in [0.2, 0.25) is 6.04 Å². The van der Waals surface area contributed by atoms with Crippen LogP contribution in [0.25, 0.3) is 0 Å². The molecule has 0 amide bonds. The molecule has 0 aliphatic rings. The maximum absolute atomic E-state index is 6.10. The van der Waals surface area contributed by atoms with Crippen molar-refractivity contribution < 1.29 is 4.43 Å². The van der Waals surface area contributed by atoms with Crippen molar-refractivity contribution in [3.05, 3.63) is 0 Å².